The molecular formula is C19H20Cl3N3O2. The van der Waals surface area contributed by atoms with Crippen LogP contribution in [0.25, 0.3) is 0 Å². The summed E-state index contributed by atoms with van der Waals surface area (Å²) in [6.07, 6.45) is 0. The van der Waals surface area contributed by atoms with Crippen molar-refractivity contribution >= 4 is 52.1 Å². The number of hydrogen-bond donors (Lipinski definition) is 1. The third kappa shape index (κ3) is 5.20. The molecule has 27 heavy (non-hydrogen) atoms. The Morgan fingerprint density at radius 1 is 1.04 bits per heavy atom. The average Bonchev–Trinajstić information content (AvgIpc) is 2.65. The topological polar surface area (TPSA) is 44.8 Å². The van der Waals surface area contributed by atoms with Gasteiger partial charge >= 0.3 is 0 Å². The molecule has 5 nitrogen and oxygen atoms in total. The Hall–Kier alpha value is -1.66. The first-order chi connectivity index (χ1) is 13.0. The fraction of sp³-hybridized carbons (Fsp3) is 0.316. The highest BCUT2D eigenvalue weighted by atomic mass is 35.5. The van der Waals surface area contributed by atoms with E-state index >= 15 is 0 Å². The molecule has 1 aliphatic rings. The maximum atomic E-state index is 12.4. The van der Waals surface area contributed by atoms with Gasteiger partial charge in [-0.05, 0) is 36.4 Å². The first-order valence-corrected chi connectivity index (χ1v) is 9.65. The Bertz CT molecular complexity index is 783. The van der Waals surface area contributed by atoms with Crippen molar-refractivity contribution in [2.75, 3.05) is 50.1 Å². The lowest BCUT2D eigenvalue weighted by atomic mass is 10.2. The summed E-state index contributed by atoms with van der Waals surface area (Å²) in [5, 5.41) is 3.85. The summed E-state index contributed by atoms with van der Waals surface area (Å²) in [4.78, 5) is 16.8. The highest BCUT2D eigenvalue weighted by Crippen LogP contribution is 2.33. The number of anilines is 2. The summed E-state index contributed by atoms with van der Waals surface area (Å²) in [5.74, 6) is 0.688. The van der Waals surface area contributed by atoms with E-state index in [-0.39, 0.29) is 12.5 Å². The largest absolute Gasteiger partial charge is 0.497 e. The van der Waals surface area contributed by atoms with Gasteiger partial charge in [-0.1, -0.05) is 34.8 Å². The average molecular weight is 429 g/mol. The van der Waals surface area contributed by atoms with Crippen molar-refractivity contribution in [3.05, 3.63) is 51.5 Å². The van der Waals surface area contributed by atoms with Gasteiger partial charge in [0.2, 0.25) is 5.91 Å². The lowest BCUT2D eigenvalue weighted by Crippen LogP contribution is -2.48. The molecule has 2 aromatic rings. The van der Waals surface area contributed by atoms with Crippen molar-refractivity contribution in [2.45, 2.75) is 0 Å². The molecule has 8 heteroatoms. The number of piperazine rings is 1. The normalized spacial score (nSPS) is 14.9. The summed E-state index contributed by atoms with van der Waals surface area (Å²) in [6.45, 7) is 3.57. The number of halogens is 3. The number of benzene rings is 2. The minimum absolute atomic E-state index is 0.154. The summed E-state index contributed by atoms with van der Waals surface area (Å²) in [6, 6.07) is 11.1. The molecule has 1 heterocycles. The number of hydrogen-bond acceptors (Lipinski definition) is 4. The first-order valence-electron chi connectivity index (χ1n) is 8.52. The van der Waals surface area contributed by atoms with Gasteiger partial charge in [-0.2, -0.15) is 0 Å². The van der Waals surface area contributed by atoms with Gasteiger partial charge in [0, 0.05) is 36.9 Å². The van der Waals surface area contributed by atoms with E-state index in [1.807, 2.05) is 24.3 Å². The maximum Gasteiger partial charge on any atom is 0.238 e. The smallest absolute Gasteiger partial charge is 0.238 e. The minimum atomic E-state index is -0.154. The molecule has 1 fully saturated rings. The Balaban J connectivity index is 1.52. The molecule has 1 aliphatic heterocycles. The zero-order chi connectivity index (χ0) is 19.4. The third-order valence-electron chi connectivity index (χ3n) is 4.45. The van der Waals surface area contributed by atoms with Crippen LogP contribution >= 0.6 is 34.8 Å². The molecule has 0 aliphatic carbocycles. The number of ether oxygens (including phenoxy) is 1. The van der Waals surface area contributed by atoms with Gasteiger partial charge in [-0.25, -0.2) is 0 Å². The predicted octanol–water partition coefficient (Wildman–Crippen LogP) is 4.42. The molecule has 0 radical (unpaired) electrons. The highest BCUT2D eigenvalue weighted by Gasteiger charge is 2.20. The minimum Gasteiger partial charge on any atom is -0.497 e. The van der Waals surface area contributed by atoms with E-state index in [0.29, 0.717) is 20.8 Å². The number of nitrogens with one attached hydrogen (secondary N) is 1. The van der Waals surface area contributed by atoms with Gasteiger partial charge in [0.05, 0.1) is 29.4 Å². The maximum absolute atomic E-state index is 12.4. The van der Waals surface area contributed by atoms with E-state index in [0.717, 1.165) is 37.6 Å². The molecule has 0 spiro atoms. The van der Waals surface area contributed by atoms with E-state index in [2.05, 4.69) is 15.1 Å². The van der Waals surface area contributed by atoms with Gasteiger partial charge in [0.1, 0.15) is 5.75 Å². The van der Waals surface area contributed by atoms with Crippen molar-refractivity contribution in [3.63, 3.8) is 0 Å². The van der Waals surface area contributed by atoms with E-state index in [4.69, 9.17) is 39.5 Å². The van der Waals surface area contributed by atoms with Crippen molar-refractivity contribution in [2.24, 2.45) is 0 Å². The molecule has 144 valence electrons. The predicted molar refractivity (Wildman–Crippen MR) is 112 cm³/mol. The van der Waals surface area contributed by atoms with Crippen LogP contribution in [0.5, 0.6) is 5.75 Å². The zero-order valence-corrected chi connectivity index (χ0v) is 17.1. The van der Waals surface area contributed by atoms with Crippen molar-refractivity contribution in [3.8, 4) is 5.75 Å². The molecule has 0 aromatic heterocycles. The van der Waals surface area contributed by atoms with Crippen LogP contribution < -0.4 is 15.0 Å². The van der Waals surface area contributed by atoms with E-state index < -0.39 is 0 Å². The van der Waals surface area contributed by atoms with Gasteiger partial charge < -0.3 is 15.0 Å². The number of amides is 1. The standard InChI is InChI=1S/C19H20Cl3N3O2/c1-27-15-4-2-14(3-5-15)25-8-6-24(7-9-25)12-18(26)23-19-16(21)10-13(20)11-17(19)22/h2-5,10-11H,6-9,12H2,1H3,(H,23,26). The van der Waals surface area contributed by atoms with Gasteiger partial charge in [-0.3, -0.25) is 9.69 Å². The van der Waals surface area contributed by atoms with E-state index in [9.17, 15) is 4.79 Å². The quantitative estimate of drug-likeness (QED) is 0.766. The third-order valence-corrected chi connectivity index (χ3v) is 5.26. The lowest BCUT2D eigenvalue weighted by molar-refractivity contribution is -0.117. The van der Waals surface area contributed by atoms with Crippen LogP contribution in [0.15, 0.2) is 36.4 Å². The van der Waals surface area contributed by atoms with Gasteiger partial charge in [0.15, 0.2) is 0 Å². The summed E-state index contributed by atoms with van der Waals surface area (Å²) >= 11 is 18.1. The van der Waals surface area contributed by atoms with E-state index in [1.165, 1.54) is 0 Å². The SMILES string of the molecule is COc1ccc(N2CCN(CC(=O)Nc3c(Cl)cc(Cl)cc3Cl)CC2)cc1. The second-order valence-corrected chi connectivity index (χ2v) is 7.50. The fourth-order valence-corrected chi connectivity index (χ4v) is 3.91. The zero-order valence-electron chi connectivity index (χ0n) is 14.8. The van der Waals surface area contributed by atoms with Crippen molar-refractivity contribution in [1.82, 2.24) is 4.90 Å². The van der Waals surface area contributed by atoms with Crippen LogP contribution in [-0.4, -0.2) is 50.6 Å². The van der Waals surface area contributed by atoms with Crippen LogP contribution in [0.1, 0.15) is 0 Å². The molecule has 2 aromatic carbocycles. The number of rotatable bonds is 5. The molecular weight excluding hydrogens is 409 g/mol. The number of carbonyl (C=O) groups excluding carboxylic acids is 1. The fourth-order valence-electron chi connectivity index (χ4n) is 3.00. The number of methoxy groups -OCH3 is 1. The summed E-state index contributed by atoms with van der Waals surface area (Å²) in [7, 11) is 1.66. The molecule has 1 N–H and O–H groups in total. The molecule has 0 saturated carbocycles. The van der Waals surface area contributed by atoms with Gasteiger partial charge in [-0.15, -0.1) is 0 Å². The van der Waals surface area contributed by atoms with Crippen molar-refractivity contribution in [1.29, 1.82) is 0 Å². The Labute approximate surface area is 173 Å². The summed E-state index contributed by atoms with van der Waals surface area (Å²) in [5.41, 5.74) is 1.55. The summed E-state index contributed by atoms with van der Waals surface area (Å²) < 4.78 is 5.19. The van der Waals surface area contributed by atoms with Crippen LogP contribution in [0, 0.1) is 0 Å². The van der Waals surface area contributed by atoms with Crippen molar-refractivity contribution < 1.29 is 9.53 Å². The Kier molecular flexibility index (Phi) is 6.71. The Morgan fingerprint density at radius 2 is 1.63 bits per heavy atom. The van der Waals surface area contributed by atoms with Crippen LogP contribution in [0.3, 0.4) is 0 Å². The molecule has 0 bridgehead atoms. The molecule has 1 saturated heterocycles. The van der Waals surface area contributed by atoms with Crippen LogP contribution in [0.4, 0.5) is 11.4 Å². The number of carbonyl (C=O) groups is 1. The lowest BCUT2D eigenvalue weighted by Gasteiger charge is -2.35. The van der Waals surface area contributed by atoms with Crippen LogP contribution in [0.2, 0.25) is 15.1 Å². The van der Waals surface area contributed by atoms with Crippen LogP contribution in [-0.2, 0) is 4.79 Å². The van der Waals surface area contributed by atoms with E-state index in [1.54, 1.807) is 19.2 Å². The highest BCUT2D eigenvalue weighted by molar-refractivity contribution is 6.42. The molecule has 3 rings (SSSR count). The number of nitrogens with zero attached hydrogens (tertiary/aromatic N) is 2. The first kappa shape index (κ1) is 20.1. The Morgan fingerprint density at radius 3 is 2.19 bits per heavy atom. The second-order valence-electron chi connectivity index (χ2n) is 6.25. The van der Waals surface area contributed by atoms with Gasteiger partial charge in [0.25, 0.3) is 0 Å². The molecule has 1 amide bonds. The molecule has 0 atom stereocenters. The molecule has 0 unspecified atom stereocenters. The second kappa shape index (κ2) is 9.02. The monoisotopic (exact) mass is 427 g/mol.